The van der Waals surface area contributed by atoms with Gasteiger partial charge in [-0.1, -0.05) is 15.9 Å². The zero-order valence-electron chi connectivity index (χ0n) is 10.4. The molecule has 1 heterocycles. The monoisotopic (exact) mass is 320 g/mol. The first-order chi connectivity index (χ1) is 9.01. The number of ether oxygens (including phenoxy) is 1. The number of nitriles is 1. The molecule has 3 nitrogen and oxygen atoms in total. The van der Waals surface area contributed by atoms with Crippen LogP contribution < -0.4 is 4.74 Å². The Morgan fingerprint density at radius 2 is 2.05 bits per heavy atom. The van der Waals surface area contributed by atoms with E-state index >= 15 is 0 Å². The predicted molar refractivity (Wildman–Crippen MR) is 72.6 cm³/mol. The molecule has 0 bridgehead atoms. The van der Waals surface area contributed by atoms with Crippen molar-refractivity contribution in [2.24, 2.45) is 0 Å². The van der Waals surface area contributed by atoms with Gasteiger partial charge in [-0.2, -0.15) is 5.26 Å². The lowest BCUT2D eigenvalue weighted by molar-refractivity contribution is 0.424. The van der Waals surface area contributed by atoms with Crippen LogP contribution >= 0.6 is 15.9 Å². The smallest absolute Gasteiger partial charge is 0.237 e. The summed E-state index contributed by atoms with van der Waals surface area (Å²) in [6.45, 7) is 3.58. The van der Waals surface area contributed by atoms with Gasteiger partial charge in [0.2, 0.25) is 5.88 Å². The minimum atomic E-state index is -0.515. The Morgan fingerprint density at radius 1 is 1.32 bits per heavy atom. The van der Waals surface area contributed by atoms with Crippen LogP contribution in [0.2, 0.25) is 0 Å². The molecule has 5 heteroatoms. The largest absolute Gasteiger partial charge is 0.435 e. The van der Waals surface area contributed by atoms with E-state index in [-0.39, 0.29) is 11.6 Å². The number of pyridine rings is 1. The van der Waals surface area contributed by atoms with Gasteiger partial charge in [0.15, 0.2) is 11.6 Å². The van der Waals surface area contributed by atoms with Gasteiger partial charge in [-0.25, -0.2) is 9.37 Å². The van der Waals surface area contributed by atoms with Gasteiger partial charge in [-0.05, 0) is 43.7 Å². The van der Waals surface area contributed by atoms with Crippen molar-refractivity contribution in [3.63, 3.8) is 0 Å². The lowest BCUT2D eigenvalue weighted by Crippen LogP contribution is -1.98. The summed E-state index contributed by atoms with van der Waals surface area (Å²) in [7, 11) is 0. The summed E-state index contributed by atoms with van der Waals surface area (Å²) in [5.74, 6) is -0.349. The molecule has 0 unspecified atom stereocenters. The molecule has 0 fully saturated rings. The van der Waals surface area contributed by atoms with E-state index in [0.29, 0.717) is 15.7 Å². The summed E-state index contributed by atoms with van der Waals surface area (Å²) >= 11 is 3.17. The van der Waals surface area contributed by atoms with Gasteiger partial charge in [0.1, 0.15) is 11.6 Å². The van der Waals surface area contributed by atoms with E-state index in [1.165, 1.54) is 12.1 Å². The van der Waals surface area contributed by atoms with Gasteiger partial charge >= 0.3 is 0 Å². The van der Waals surface area contributed by atoms with Gasteiger partial charge in [0.05, 0.1) is 0 Å². The van der Waals surface area contributed by atoms with Gasteiger partial charge in [-0.15, -0.1) is 0 Å². The summed E-state index contributed by atoms with van der Waals surface area (Å²) in [4.78, 5) is 4.14. The number of hydrogen-bond donors (Lipinski definition) is 0. The fourth-order valence-electron chi connectivity index (χ4n) is 1.67. The Balaban J connectivity index is 2.46. The molecule has 0 atom stereocenters. The first kappa shape index (κ1) is 13.5. The molecule has 0 radical (unpaired) electrons. The highest BCUT2D eigenvalue weighted by Gasteiger charge is 2.13. The van der Waals surface area contributed by atoms with Crippen LogP contribution in [0.15, 0.2) is 28.7 Å². The molecule has 1 aromatic heterocycles. The van der Waals surface area contributed by atoms with Crippen molar-refractivity contribution in [2.45, 2.75) is 13.8 Å². The summed E-state index contributed by atoms with van der Waals surface area (Å²) in [5.41, 5.74) is 1.78. The number of benzene rings is 1. The van der Waals surface area contributed by atoms with Crippen molar-refractivity contribution in [3.05, 3.63) is 51.4 Å². The quantitative estimate of drug-likeness (QED) is 0.830. The van der Waals surface area contributed by atoms with E-state index in [1.807, 2.05) is 6.07 Å². The van der Waals surface area contributed by atoms with Crippen LogP contribution in [0.25, 0.3) is 0 Å². The van der Waals surface area contributed by atoms with E-state index in [2.05, 4.69) is 20.9 Å². The van der Waals surface area contributed by atoms with Gasteiger partial charge < -0.3 is 4.74 Å². The Kier molecular flexibility index (Phi) is 3.82. The highest BCUT2D eigenvalue weighted by atomic mass is 79.9. The Hall–Kier alpha value is -1.93. The zero-order valence-corrected chi connectivity index (χ0v) is 12.0. The molecule has 1 aromatic carbocycles. The number of aryl methyl sites for hydroxylation is 2. The molecule has 0 N–H and O–H groups in total. The van der Waals surface area contributed by atoms with E-state index in [1.54, 1.807) is 26.0 Å². The van der Waals surface area contributed by atoms with Crippen molar-refractivity contribution in [3.8, 4) is 17.7 Å². The second-order valence-corrected chi connectivity index (χ2v) is 4.96. The van der Waals surface area contributed by atoms with Crippen molar-refractivity contribution in [1.82, 2.24) is 4.98 Å². The second kappa shape index (κ2) is 5.37. The van der Waals surface area contributed by atoms with Crippen molar-refractivity contribution >= 4 is 15.9 Å². The first-order valence-corrected chi connectivity index (χ1v) is 6.32. The van der Waals surface area contributed by atoms with Gasteiger partial charge in [-0.3, -0.25) is 0 Å². The van der Waals surface area contributed by atoms with Crippen molar-refractivity contribution < 1.29 is 9.13 Å². The van der Waals surface area contributed by atoms with Crippen LogP contribution in [0.4, 0.5) is 4.39 Å². The number of aromatic nitrogens is 1. The maximum absolute atomic E-state index is 13.7. The van der Waals surface area contributed by atoms with Gasteiger partial charge in [0.25, 0.3) is 0 Å². The van der Waals surface area contributed by atoms with E-state index < -0.39 is 5.82 Å². The van der Waals surface area contributed by atoms with Crippen LogP contribution in [0.1, 0.15) is 16.8 Å². The molecule has 19 heavy (non-hydrogen) atoms. The average molecular weight is 321 g/mol. The maximum atomic E-state index is 13.7. The number of halogens is 2. The molecule has 0 saturated heterocycles. The molecule has 96 valence electrons. The van der Waals surface area contributed by atoms with E-state index in [4.69, 9.17) is 10.00 Å². The summed E-state index contributed by atoms with van der Waals surface area (Å²) < 4.78 is 19.7. The van der Waals surface area contributed by atoms with E-state index in [0.717, 1.165) is 5.56 Å². The van der Waals surface area contributed by atoms with Crippen LogP contribution in [0.3, 0.4) is 0 Å². The minimum Gasteiger partial charge on any atom is -0.435 e. The highest BCUT2D eigenvalue weighted by Crippen LogP contribution is 2.29. The van der Waals surface area contributed by atoms with Gasteiger partial charge in [0, 0.05) is 10.2 Å². The molecule has 0 aliphatic heterocycles. The predicted octanol–water partition coefficient (Wildman–Crippen LogP) is 4.26. The maximum Gasteiger partial charge on any atom is 0.237 e. The third kappa shape index (κ3) is 2.91. The Bertz CT molecular complexity index is 680. The summed E-state index contributed by atoms with van der Waals surface area (Å²) in [6, 6.07) is 8.25. The molecule has 0 saturated carbocycles. The van der Waals surface area contributed by atoms with Crippen LogP contribution in [-0.4, -0.2) is 4.98 Å². The lowest BCUT2D eigenvalue weighted by atomic mass is 10.1. The molecule has 0 aliphatic carbocycles. The summed E-state index contributed by atoms with van der Waals surface area (Å²) in [6.07, 6.45) is 0. The van der Waals surface area contributed by atoms with Crippen LogP contribution in [0, 0.1) is 31.0 Å². The third-order valence-corrected chi connectivity index (χ3v) is 3.02. The molecular weight excluding hydrogens is 311 g/mol. The average Bonchev–Trinajstić information content (AvgIpc) is 2.32. The highest BCUT2D eigenvalue weighted by molar-refractivity contribution is 9.10. The Labute approximate surface area is 118 Å². The number of nitrogens with zero attached hydrogens (tertiary/aromatic N) is 2. The third-order valence-electron chi connectivity index (χ3n) is 2.52. The van der Waals surface area contributed by atoms with Crippen molar-refractivity contribution in [1.29, 1.82) is 5.26 Å². The topological polar surface area (TPSA) is 45.9 Å². The number of hydrogen-bond acceptors (Lipinski definition) is 3. The van der Waals surface area contributed by atoms with Crippen LogP contribution in [0.5, 0.6) is 11.6 Å². The minimum absolute atomic E-state index is 0.0391. The SMILES string of the molecule is Cc1cc(C)c(C#N)c(Oc2ccc(Br)cc2F)n1. The molecule has 0 spiro atoms. The number of rotatable bonds is 2. The second-order valence-electron chi connectivity index (χ2n) is 4.05. The normalized spacial score (nSPS) is 10.1. The molecule has 2 aromatic rings. The standard InChI is InChI=1S/C14H10BrFN2O/c1-8-5-9(2)18-14(11(8)7-17)19-13-4-3-10(15)6-12(13)16/h3-6H,1-2H3. The van der Waals surface area contributed by atoms with Crippen molar-refractivity contribution in [2.75, 3.05) is 0 Å². The Morgan fingerprint density at radius 3 is 2.68 bits per heavy atom. The summed E-state index contributed by atoms with van der Waals surface area (Å²) in [5, 5.41) is 9.11. The molecule has 0 amide bonds. The van der Waals surface area contributed by atoms with Crippen LogP contribution in [-0.2, 0) is 0 Å². The molecule has 2 rings (SSSR count). The molecular formula is C14H10BrFN2O. The first-order valence-electron chi connectivity index (χ1n) is 5.52. The fourth-order valence-corrected chi connectivity index (χ4v) is 2.01. The zero-order chi connectivity index (χ0) is 14.0. The molecule has 0 aliphatic rings. The van der Waals surface area contributed by atoms with E-state index in [9.17, 15) is 4.39 Å². The lowest BCUT2D eigenvalue weighted by Gasteiger charge is -2.10. The fraction of sp³-hybridized carbons (Fsp3) is 0.143.